The highest BCUT2D eigenvalue weighted by molar-refractivity contribution is 7.88. The first-order valence-electron chi connectivity index (χ1n) is 7.64. The lowest BCUT2D eigenvalue weighted by atomic mass is 10.2. The monoisotopic (exact) mass is 393 g/mol. The van der Waals surface area contributed by atoms with Crippen molar-refractivity contribution < 1.29 is 17.6 Å². The second-order valence-electron chi connectivity index (χ2n) is 5.41. The molecule has 0 aliphatic carbocycles. The van der Waals surface area contributed by atoms with Gasteiger partial charge in [-0.2, -0.15) is 0 Å². The van der Waals surface area contributed by atoms with E-state index in [0.29, 0.717) is 21.9 Å². The standard InChI is InChI=1S/C17H16ClN3O4S/c1-24-15-5-3-2-4-14(15)17-21-20-16(25-17)10-19-26(22,23)11-12-6-8-13(18)9-7-12/h2-9,19H,10-11H2,1H3. The van der Waals surface area contributed by atoms with E-state index in [1.165, 1.54) is 0 Å². The molecule has 0 unspecified atom stereocenters. The van der Waals surface area contributed by atoms with E-state index in [2.05, 4.69) is 14.9 Å². The molecule has 26 heavy (non-hydrogen) atoms. The van der Waals surface area contributed by atoms with Gasteiger partial charge in [0.05, 0.1) is 25.0 Å². The zero-order valence-corrected chi connectivity index (χ0v) is 15.4. The number of sulfonamides is 1. The molecule has 0 radical (unpaired) electrons. The van der Waals surface area contributed by atoms with E-state index in [0.717, 1.165) is 0 Å². The van der Waals surface area contributed by atoms with Crippen LogP contribution in [0.15, 0.2) is 52.9 Å². The Labute approximate surface area is 156 Å². The van der Waals surface area contributed by atoms with Gasteiger partial charge in [-0.25, -0.2) is 13.1 Å². The van der Waals surface area contributed by atoms with Gasteiger partial charge in [-0.3, -0.25) is 0 Å². The summed E-state index contributed by atoms with van der Waals surface area (Å²) in [6.45, 7) is -0.0991. The van der Waals surface area contributed by atoms with Gasteiger partial charge in [-0.15, -0.1) is 10.2 Å². The second-order valence-corrected chi connectivity index (χ2v) is 7.65. The third-order valence-corrected chi connectivity index (χ3v) is 5.07. The fourth-order valence-corrected chi connectivity index (χ4v) is 3.48. The molecule has 0 aliphatic rings. The summed E-state index contributed by atoms with van der Waals surface area (Å²) in [5.41, 5.74) is 1.26. The van der Waals surface area contributed by atoms with Crippen molar-refractivity contribution in [1.82, 2.24) is 14.9 Å². The number of rotatable bonds is 7. The normalized spacial score (nSPS) is 11.5. The molecular formula is C17H16ClN3O4S. The van der Waals surface area contributed by atoms with Crippen LogP contribution in [0.1, 0.15) is 11.5 Å². The second kappa shape index (κ2) is 7.86. The number of hydrogen-bond donors (Lipinski definition) is 1. The van der Waals surface area contributed by atoms with Gasteiger partial charge in [0, 0.05) is 5.02 Å². The van der Waals surface area contributed by atoms with Crippen LogP contribution in [0.2, 0.25) is 5.02 Å². The third-order valence-electron chi connectivity index (χ3n) is 3.52. The molecule has 1 heterocycles. The predicted octanol–water partition coefficient (Wildman–Crippen LogP) is 3.02. The highest BCUT2D eigenvalue weighted by atomic mass is 35.5. The van der Waals surface area contributed by atoms with E-state index < -0.39 is 10.0 Å². The number of nitrogens with one attached hydrogen (secondary N) is 1. The van der Waals surface area contributed by atoms with Crippen molar-refractivity contribution in [2.75, 3.05) is 7.11 Å². The van der Waals surface area contributed by atoms with Gasteiger partial charge in [0.25, 0.3) is 5.89 Å². The Hall–Kier alpha value is -2.42. The molecule has 0 aliphatic heterocycles. The van der Waals surface area contributed by atoms with Crippen LogP contribution >= 0.6 is 11.6 Å². The summed E-state index contributed by atoms with van der Waals surface area (Å²) in [7, 11) is -2.02. The molecule has 0 amide bonds. The van der Waals surface area contributed by atoms with E-state index >= 15 is 0 Å². The van der Waals surface area contributed by atoms with Gasteiger partial charge in [0.15, 0.2) is 0 Å². The van der Waals surface area contributed by atoms with Crippen LogP contribution in [0.4, 0.5) is 0 Å². The van der Waals surface area contributed by atoms with Crippen LogP contribution in [0, 0.1) is 0 Å². The van der Waals surface area contributed by atoms with E-state index in [1.54, 1.807) is 43.5 Å². The lowest BCUT2D eigenvalue weighted by Crippen LogP contribution is -2.24. The lowest BCUT2D eigenvalue weighted by Gasteiger charge is -2.05. The molecule has 0 saturated carbocycles. The molecule has 2 aromatic carbocycles. The van der Waals surface area contributed by atoms with Crippen molar-refractivity contribution in [3.8, 4) is 17.2 Å². The highest BCUT2D eigenvalue weighted by Crippen LogP contribution is 2.28. The van der Waals surface area contributed by atoms with Gasteiger partial charge < -0.3 is 9.15 Å². The molecule has 9 heteroatoms. The number of methoxy groups -OCH3 is 1. The van der Waals surface area contributed by atoms with Crippen molar-refractivity contribution in [3.63, 3.8) is 0 Å². The van der Waals surface area contributed by atoms with Crippen LogP contribution in [-0.2, 0) is 22.3 Å². The Morgan fingerprint density at radius 1 is 1.12 bits per heavy atom. The van der Waals surface area contributed by atoms with Crippen LogP contribution in [0.5, 0.6) is 5.75 Å². The van der Waals surface area contributed by atoms with Gasteiger partial charge in [-0.05, 0) is 29.8 Å². The van der Waals surface area contributed by atoms with Gasteiger partial charge in [0.1, 0.15) is 5.75 Å². The molecule has 0 atom stereocenters. The average molecular weight is 394 g/mol. The van der Waals surface area contributed by atoms with Gasteiger partial charge >= 0.3 is 0 Å². The SMILES string of the molecule is COc1ccccc1-c1nnc(CNS(=O)(=O)Cc2ccc(Cl)cc2)o1. The Kier molecular flexibility index (Phi) is 5.55. The minimum atomic E-state index is -3.56. The van der Waals surface area contributed by atoms with E-state index in [-0.39, 0.29) is 24.1 Å². The molecule has 1 aromatic heterocycles. The van der Waals surface area contributed by atoms with E-state index in [9.17, 15) is 8.42 Å². The van der Waals surface area contributed by atoms with Gasteiger partial charge in [0.2, 0.25) is 15.9 Å². The van der Waals surface area contributed by atoms with Crippen molar-refractivity contribution >= 4 is 21.6 Å². The maximum absolute atomic E-state index is 12.2. The molecule has 3 rings (SSSR count). The van der Waals surface area contributed by atoms with Crippen molar-refractivity contribution in [1.29, 1.82) is 0 Å². The number of hydrogen-bond acceptors (Lipinski definition) is 6. The number of nitrogens with zero attached hydrogens (tertiary/aromatic N) is 2. The topological polar surface area (TPSA) is 94.3 Å². The van der Waals surface area contributed by atoms with Crippen molar-refractivity contribution in [2.45, 2.75) is 12.3 Å². The smallest absolute Gasteiger partial charge is 0.251 e. The maximum atomic E-state index is 12.2. The predicted molar refractivity (Wildman–Crippen MR) is 97.2 cm³/mol. The quantitative estimate of drug-likeness (QED) is 0.663. The first-order valence-corrected chi connectivity index (χ1v) is 9.67. The van der Waals surface area contributed by atoms with Crippen molar-refractivity contribution in [3.05, 3.63) is 65.0 Å². The van der Waals surface area contributed by atoms with Crippen molar-refractivity contribution in [2.24, 2.45) is 0 Å². The summed E-state index contributed by atoms with van der Waals surface area (Å²) in [5.74, 6) is 0.837. The first kappa shape index (κ1) is 18.4. The number of aromatic nitrogens is 2. The summed E-state index contributed by atoms with van der Waals surface area (Å²) >= 11 is 5.80. The summed E-state index contributed by atoms with van der Waals surface area (Å²) in [4.78, 5) is 0. The Balaban J connectivity index is 1.66. The van der Waals surface area contributed by atoms with E-state index in [4.69, 9.17) is 20.8 Å². The van der Waals surface area contributed by atoms with Crippen LogP contribution < -0.4 is 9.46 Å². The minimum absolute atomic E-state index is 0.0991. The molecule has 0 fully saturated rings. The maximum Gasteiger partial charge on any atom is 0.251 e. The fourth-order valence-electron chi connectivity index (χ4n) is 2.28. The summed E-state index contributed by atoms with van der Waals surface area (Å²) in [5, 5.41) is 8.37. The zero-order chi connectivity index (χ0) is 18.6. The average Bonchev–Trinajstić information content (AvgIpc) is 3.11. The first-order chi connectivity index (χ1) is 12.5. The molecule has 0 spiro atoms. The van der Waals surface area contributed by atoms with Gasteiger partial charge in [-0.1, -0.05) is 35.9 Å². The molecule has 136 valence electrons. The van der Waals surface area contributed by atoms with Crippen LogP contribution in [0.25, 0.3) is 11.5 Å². The molecule has 3 aromatic rings. The molecular weight excluding hydrogens is 378 g/mol. The fraction of sp³-hybridized carbons (Fsp3) is 0.176. The Morgan fingerprint density at radius 2 is 1.85 bits per heavy atom. The lowest BCUT2D eigenvalue weighted by molar-refractivity contribution is 0.413. The van der Waals surface area contributed by atoms with Crippen LogP contribution in [0.3, 0.4) is 0 Å². The molecule has 1 N–H and O–H groups in total. The Morgan fingerprint density at radius 3 is 2.58 bits per heavy atom. The molecule has 7 nitrogen and oxygen atoms in total. The third kappa shape index (κ3) is 4.60. The number of benzene rings is 2. The number of ether oxygens (including phenoxy) is 1. The number of para-hydroxylation sites is 1. The summed E-state index contributed by atoms with van der Waals surface area (Å²) in [6.07, 6.45) is 0. The minimum Gasteiger partial charge on any atom is -0.496 e. The zero-order valence-electron chi connectivity index (χ0n) is 13.8. The summed E-state index contributed by atoms with van der Waals surface area (Å²) in [6, 6.07) is 13.8. The van der Waals surface area contributed by atoms with E-state index in [1.807, 2.05) is 12.1 Å². The largest absolute Gasteiger partial charge is 0.496 e. The molecule has 0 bridgehead atoms. The summed E-state index contributed by atoms with van der Waals surface area (Å²) < 4.78 is 37.6. The number of halogens is 1. The molecule has 0 saturated heterocycles. The van der Waals surface area contributed by atoms with Crippen LogP contribution in [-0.4, -0.2) is 25.7 Å². The Bertz CT molecular complexity index is 987. The highest BCUT2D eigenvalue weighted by Gasteiger charge is 2.16.